The highest BCUT2D eigenvalue weighted by Crippen LogP contribution is 2.32. The van der Waals surface area contributed by atoms with Gasteiger partial charge in [-0.3, -0.25) is 0 Å². The second-order valence-electron chi connectivity index (χ2n) is 4.01. The Balaban J connectivity index is 2.26. The van der Waals surface area contributed by atoms with E-state index < -0.39 is 14.4 Å². The molecule has 0 fully saturated rings. The summed E-state index contributed by atoms with van der Waals surface area (Å²) in [7, 11) is -3.46. The van der Waals surface area contributed by atoms with E-state index in [0.717, 1.165) is 4.90 Å². The molecule has 0 saturated heterocycles. The molecule has 106 valence electrons. The Morgan fingerprint density at radius 1 is 1.00 bits per heavy atom. The fraction of sp³-hybridized carbons (Fsp3) is 0.143. The van der Waals surface area contributed by atoms with Gasteiger partial charge in [0, 0.05) is 15.8 Å². The molecule has 0 spiro atoms. The summed E-state index contributed by atoms with van der Waals surface area (Å²) in [6, 6.07) is 15.4. The molecule has 6 heteroatoms. The average molecular weight is 347 g/mol. The van der Waals surface area contributed by atoms with Crippen LogP contribution in [0.1, 0.15) is 0 Å². The number of halogens is 2. The minimum absolute atomic E-state index is 0.0184. The maximum atomic E-state index is 12.5. The maximum Gasteiger partial charge on any atom is 0.192 e. The molecule has 1 unspecified atom stereocenters. The predicted octanol–water partition coefficient (Wildman–Crippen LogP) is 4.47. The van der Waals surface area contributed by atoms with Crippen molar-refractivity contribution in [3.63, 3.8) is 0 Å². The number of thioether (sulfide) groups is 1. The molecule has 0 radical (unpaired) electrons. The zero-order valence-corrected chi connectivity index (χ0v) is 13.5. The van der Waals surface area contributed by atoms with Gasteiger partial charge < -0.3 is 0 Å². The largest absolute Gasteiger partial charge is 0.222 e. The molecule has 1 atom stereocenters. The van der Waals surface area contributed by atoms with Crippen molar-refractivity contribution >= 4 is 44.8 Å². The third-order valence-electron chi connectivity index (χ3n) is 2.62. The van der Waals surface area contributed by atoms with Crippen molar-refractivity contribution in [1.29, 1.82) is 0 Å². The first-order chi connectivity index (χ1) is 9.54. The van der Waals surface area contributed by atoms with Crippen molar-refractivity contribution in [3.8, 4) is 0 Å². The van der Waals surface area contributed by atoms with E-state index >= 15 is 0 Å². The van der Waals surface area contributed by atoms with Crippen LogP contribution in [0, 0.1) is 0 Å². The predicted molar refractivity (Wildman–Crippen MR) is 85.4 cm³/mol. The van der Waals surface area contributed by atoms with E-state index in [9.17, 15) is 8.42 Å². The smallest absolute Gasteiger partial charge is 0.192 e. The monoisotopic (exact) mass is 346 g/mol. The van der Waals surface area contributed by atoms with Crippen molar-refractivity contribution in [2.75, 3.05) is 5.88 Å². The first-order valence-electron chi connectivity index (χ1n) is 5.81. The molecular weight excluding hydrogens is 335 g/mol. The van der Waals surface area contributed by atoms with Crippen LogP contribution in [-0.4, -0.2) is 18.9 Å². The summed E-state index contributed by atoms with van der Waals surface area (Å²) in [6.07, 6.45) is 0. The van der Waals surface area contributed by atoms with Crippen molar-refractivity contribution in [2.24, 2.45) is 0 Å². The van der Waals surface area contributed by atoms with Crippen molar-refractivity contribution in [1.82, 2.24) is 0 Å². The van der Waals surface area contributed by atoms with Crippen molar-refractivity contribution in [3.05, 3.63) is 59.6 Å². The van der Waals surface area contributed by atoms with Gasteiger partial charge in [0.15, 0.2) is 9.84 Å². The lowest BCUT2D eigenvalue weighted by Gasteiger charge is -2.14. The molecular formula is C14H12Cl2O2S2. The van der Waals surface area contributed by atoms with Crippen LogP contribution in [0.25, 0.3) is 0 Å². The van der Waals surface area contributed by atoms with Gasteiger partial charge in [-0.25, -0.2) is 8.42 Å². The number of rotatable bonds is 5. The lowest BCUT2D eigenvalue weighted by molar-refractivity contribution is 0.595. The molecule has 0 saturated carbocycles. The molecule has 0 aromatic heterocycles. The van der Waals surface area contributed by atoms with Gasteiger partial charge in [0.2, 0.25) is 0 Å². The van der Waals surface area contributed by atoms with E-state index in [0.29, 0.717) is 5.02 Å². The Bertz CT molecular complexity index is 655. The summed E-state index contributed by atoms with van der Waals surface area (Å²) >= 11 is 12.9. The van der Waals surface area contributed by atoms with E-state index in [2.05, 4.69) is 0 Å². The van der Waals surface area contributed by atoms with Gasteiger partial charge >= 0.3 is 0 Å². The number of alkyl halides is 1. The third kappa shape index (κ3) is 3.70. The van der Waals surface area contributed by atoms with E-state index in [1.54, 1.807) is 54.6 Å². The normalized spacial score (nSPS) is 13.1. The third-order valence-corrected chi connectivity index (χ3v) is 7.36. The lowest BCUT2D eigenvalue weighted by atomic mass is 10.4. The minimum Gasteiger partial charge on any atom is -0.222 e. The van der Waals surface area contributed by atoms with Crippen LogP contribution in [-0.2, 0) is 9.84 Å². The molecule has 0 N–H and O–H groups in total. The molecule has 0 amide bonds. The van der Waals surface area contributed by atoms with Crippen LogP contribution in [0.3, 0.4) is 0 Å². The Kier molecular flexibility index (Phi) is 5.38. The molecule has 2 rings (SSSR count). The number of benzene rings is 2. The van der Waals surface area contributed by atoms with Crippen LogP contribution in [0.15, 0.2) is 64.4 Å². The molecule has 2 aromatic carbocycles. The zero-order chi connectivity index (χ0) is 14.6. The fourth-order valence-corrected chi connectivity index (χ4v) is 5.26. The first kappa shape index (κ1) is 15.7. The molecule has 0 heterocycles. The lowest BCUT2D eigenvalue weighted by Crippen LogP contribution is -2.19. The van der Waals surface area contributed by atoms with Crippen molar-refractivity contribution in [2.45, 2.75) is 14.4 Å². The van der Waals surface area contributed by atoms with E-state index in [1.807, 2.05) is 0 Å². The second kappa shape index (κ2) is 6.85. The van der Waals surface area contributed by atoms with E-state index in [4.69, 9.17) is 23.2 Å². The maximum absolute atomic E-state index is 12.5. The summed E-state index contributed by atoms with van der Waals surface area (Å²) in [5.41, 5.74) is 0. The quantitative estimate of drug-likeness (QED) is 0.591. The highest BCUT2D eigenvalue weighted by molar-refractivity contribution is 8.13. The molecule has 2 nitrogen and oxygen atoms in total. The summed E-state index contributed by atoms with van der Waals surface area (Å²) < 4.78 is 24.3. The average Bonchev–Trinajstić information content (AvgIpc) is 2.47. The van der Waals surface area contributed by atoms with Gasteiger partial charge in [-0.15, -0.1) is 23.4 Å². The van der Waals surface area contributed by atoms with Gasteiger partial charge in [-0.05, 0) is 36.4 Å². The number of hydrogen-bond donors (Lipinski definition) is 0. The zero-order valence-electron chi connectivity index (χ0n) is 10.4. The van der Waals surface area contributed by atoms with Gasteiger partial charge in [-0.1, -0.05) is 29.8 Å². The van der Waals surface area contributed by atoms with Crippen LogP contribution in [0.2, 0.25) is 5.02 Å². The van der Waals surface area contributed by atoms with Crippen LogP contribution < -0.4 is 0 Å². The van der Waals surface area contributed by atoms with Gasteiger partial charge in [0.05, 0.1) is 4.90 Å². The Morgan fingerprint density at radius 2 is 1.60 bits per heavy atom. The Hall–Kier alpha value is -0.680. The molecule has 0 aliphatic carbocycles. The van der Waals surface area contributed by atoms with Crippen molar-refractivity contribution < 1.29 is 8.42 Å². The summed E-state index contributed by atoms with van der Waals surface area (Å²) in [5, 5.41) is 0.614. The molecule has 0 aliphatic rings. The SMILES string of the molecule is O=S(=O)(c1ccccc1)C(CCl)Sc1ccc(Cl)cc1. The topological polar surface area (TPSA) is 34.1 Å². The molecule has 20 heavy (non-hydrogen) atoms. The highest BCUT2D eigenvalue weighted by atomic mass is 35.5. The fourth-order valence-electron chi connectivity index (χ4n) is 1.60. The standard InChI is InChI=1S/C14H12Cl2O2S2/c15-10-14(19-12-8-6-11(16)7-9-12)20(17,18)13-4-2-1-3-5-13/h1-9,14H,10H2. The first-order valence-corrected chi connectivity index (χ1v) is 9.15. The molecule has 2 aromatic rings. The summed E-state index contributed by atoms with van der Waals surface area (Å²) in [6.45, 7) is 0. The van der Waals surface area contributed by atoms with Crippen LogP contribution in [0.5, 0.6) is 0 Å². The Labute approximate surface area is 133 Å². The highest BCUT2D eigenvalue weighted by Gasteiger charge is 2.27. The van der Waals surface area contributed by atoms with E-state index in [-0.39, 0.29) is 10.8 Å². The minimum atomic E-state index is -3.46. The number of sulfone groups is 1. The summed E-state index contributed by atoms with van der Waals surface area (Å²) in [4.78, 5) is 1.10. The van der Waals surface area contributed by atoms with Crippen LogP contribution >= 0.6 is 35.0 Å². The second-order valence-corrected chi connectivity index (χ2v) is 8.46. The van der Waals surface area contributed by atoms with E-state index in [1.165, 1.54) is 11.8 Å². The van der Waals surface area contributed by atoms with Gasteiger partial charge in [-0.2, -0.15) is 0 Å². The van der Waals surface area contributed by atoms with Crippen LogP contribution in [0.4, 0.5) is 0 Å². The molecule has 0 aliphatic heterocycles. The Morgan fingerprint density at radius 3 is 2.15 bits per heavy atom. The number of hydrogen-bond acceptors (Lipinski definition) is 3. The summed E-state index contributed by atoms with van der Waals surface area (Å²) in [5.74, 6) is 0.0184. The van der Waals surface area contributed by atoms with Gasteiger partial charge in [0.1, 0.15) is 4.58 Å². The van der Waals surface area contributed by atoms with Gasteiger partial charge in [0.25, 0.3) is 0 Å². The molecule has 0 bridgehead atoms.